The first-order valence-corrected chi connectivity index (χ1v) is 17.3. The highest BCUT2D eigenvalue weighted by Crippen LogP contribution is 2.64. The van der Waals surface area contributed by atoms with Crippen molar-refractivity contribution < 1.29 is 55.7 Å². The molecule has 3 aromatic carbocycles. The zero-order valence-electron chi connectivity index (χ0n) is 27.2. The highest BCUT2D eigenvalue weighted by molar-refractivity contribution is 9.10. The van der Waals surface area contributed by atoms with E-state index in [9.17, 15) is 37.5 Å². The van der Waals surface area contributed by atoms with Crippen LogP contribution in [0.25, 0.3) is 6.08 Å². The van der Waals surface area contributed by atoms with E-state index in [1.54, 1.807) is 30.3 Å². The number of rotatable bonds is 6. The summed E-state index contributed by atoms with van der Waals surface area (Å²) in [7, 11) is 2.56. The zero-order chi connectivity index (χ0) is 38.5. The largest absolute Gasteiger partial charge is 0.502 e. The Morgan fingerprint density at radius 3 is 1.96 bits per heavy atom. The van der Waals surface area contributed by atoms with Crippen LogP contribution >= 0.6 is 39.1 Å². The van der Waals surface area contributed by atoms with Gasteiger partial charge < -0.3 is 14.6 Å². The number of imide groups is 2. The molecule has 0 radical (unpaired) electrons. The summed E-state index contributed by atoms with van der Waals surface area (Å²) in [6, 6.07) is 9.11. The summed E-state index contributed by atoms with van der Waals surface area (Å²) in [6.45, 7) is 0. The van der Waals surface area contributed by atoms with Gasteiger partial charge in [0.05, 0.1) is 31.7 Å². The second-order valence-corrected chi connectivity index (χ2v) is 15.0. The fourth-order valence-electron chi connectivity index (χ4n) is 7.88. The molecule has 2 saturated heterocycles. The highest BCUT2D eigenvalue weighted by Gasteiger charge is 2.76. The molecule has 0 bridgehead atoms. The quantitative estimate of drug-likeness (QED) is 0.0699. The third kappa shape index (κ3) is 5.06. The molecule has 0 aromatic heterocycles. The van der Waals surface area contributed by atoms with Gasteiger partial charge in [0, 0.05) is 10.4 Å². The summed E-state index contributed by atoms with van der Waals surface area (Å²) in [5.74, 6) is -21.8. The molecule has 2 aliphatic carbocycles. The topological polar surface area (TPSA) is 113 Å². The Morgan fingerprint density at radius 2 is 1.40 bits per heavy atom. The normalized spacial score (nSPS) is 28.0. The Balaban J connectivity index is 1.41. The number of fused-ring (bicyclic) bond motifs is 4. The van der Waals surface area contributed by atoms with Crippen molar-refractivity contribution in [3.8, 4) is 17.2 Å². The molecule has 17 heteroatoms. The number of amides is 4. The number of phenolic OH excluding ortho intramolecular Hbond substituents is 1. The van der Waals surface area contributed by atoms with Gasteiger partial charge >= 0.3 is 0 Å². The van der Waals surface area contributed by atoms with E-state index in [4.69, 9.17) is 32.7 Å². The standard InChI is InChI=1S/C36H24BrCl2F5N2O7/c1-52-21-11-14(12-22(53-2)30(21)47)3-10-20-17-8-9-18-23(32(49)45(31(18)48)16-6-4-15(37)5-7-16)19(17)13-35(38)33(50)46(34(51)36(20,35)39)29-27(43)25(41)24(40)26(42)28(29)44/h3-8,10-12,18-20,23,47H,9,13H2,1-2H3. The molecule has 4 aliphatic rings. The first-order valence-electron chi connectivity index (χ1n) is 15.8. The molecule has 7 rings (SSSR count). The molecular formula is C36H24BrCl2F5N2O7. The SMILES string of the molecule is COc1cc(C=CC2C3=CCC4C(=O)N(c5ccc(Br)cc5)C(=O)C4C3CC3(Cl)C(=O)N(c4c(F)c(F)c(F)c(F)c4F)C(=O)C23Cl)cc(OC)c1O. The lowest BCUT2D eigenvalue weighted by atomic mass is 9.57. The van der Waals surface area contributed by atoms with Gasteiger partial charge in [0.15, 0.2) is 44.5 Å². The van der Waals surface area contributed by atoms with Gasteiger partial charge in [-0.3, -0.25) is 24.1 Å². The zero-order valence-corrected chi connectivity index (χ0v) is 30.3. The molecule has 0 spiro atoms. The molecule has 6 atom stereocenters. The highest BCUT2D eigenvalue weighted by atomic mass is 79.9. The van der Waals surface area contributed by atoms with Crippen LogP contribution in [-0.4, -0.2) is 52.7 Å². The van der Waals surface area contributed by atoms with Gasteiger partial charge in [-0.25, -0.2) is 26.9 Å². The van der Waals surface area contributed by atoms with Gasteiger partial charge in [0.25, 0.3) is 11.8 Å². The van der Waals surface area contributed by atoms with Crippen molar-refractivity contribution in [2.75, 3.05) is 24.0 Å². The average molecular weight is 842 g/mol. The summed E-state index contributed by atoms with van der Waals surface area (Å²) in [5.41, 5.74) is -1.05. The summed E-state index contributed by atoms with van der Waals surface area (Å²) in [5, 5.41) is 10.4. The number of carbonyl (C=O) groups excluding carboxylic acids is 4. The second-order valence-electron chi connectivity index (χ2n) is 12.9. The van der Waals surface area contributed by atoms with Crippen molar-refractivity contribution in [2.45, 2.75) is 22.6 Å². The summed E-state index contributed by atoms with van der Waals surface area (Å²) in [4.78, 5) is 52.1. The van der Waals surface area contributed by atoms with E-state index in [0.29, 0.717) is 4.47 Å². The van der Waals surface area contributed by atoms with E-state index in [1.165, 1.54) is 38.5 Å². The number of benzene rings is 3. The summed E-state index contributed by atoms with van der Waals surface area (Å²) in [6.07, 6.45) is 3.63. The number of halogens is 8. The van der Waals surface area contributed by atoms with Gasteiger partial charge in [-0.1, -0.05) is 39.7 Å². The van der Waals surface area contributed by atoms with Crippen molar-refractivity contribution in [1.29, 1.82) is 0 Å². The van der Waals surface area contributed by atoms with Crippen LogP contribution in [0.4, 0.5) is 33.3 Å². The lowest BCUT2D eigenvalue weighted by molar-refractivity contribution is -0.125. The number of hydrogen-bond acceptors (Lipinski definition) is 7. The fraction of sp³-hybridized carbons (Fsp3) is 0.278. The molecule has 53 heavy (non-hydrogen) atoms. The number of phenols is 1. The van der Waals surface area contributed by atoms with Crippen LogP contribution in [0, 0.1) is 52.8 Å². The number of allylic oxidation sites excluding steroid dienone is 3. The van der Waals surface area contributed by atoms with Crippen LogP contribution in [0.15, 0.2) is 58.6 Å². The van der Waals surface area contributed by atoms with Gasteiger partial charge in [-0.05, 0) is 60.7 Å². The molecule has 6 unspecified atom stereocenters. The molecule has 4 amide bonds. The summed E-state index contributed by atoms with van der Waals surface area (Å²) >= 11 is 17.6. The number of carbonyl (C=O) groups is 4. The third-order valence-electron chi connectivity index (χ3n) is 10.3. The maximum Gasteiger partial charge on any atom is 0.258 e. The Kier molecular flexibility index (Phi) is 8.93. The van der Waals surface area contributed by atoms with E-state index < -0.39 is 98.2 Å². The lowest BCUT2D eigenvalue weighted by Crippen LogP contribution is -2.60. The first-order chi connectivity index (χ1) is 25.0. The minimum atomic E-state index is -2.68. The molecular weight excluding hydrogens is 818 g/mol. The van der Waals surface area contributed by atoms with Crippen molar-refractivity contribution >= 4 is 80.2 Å². The van der Waals surface area contributed by atoms with Crippen LogP contribution in [0.2, 0.25) is 0 Å². The number of ether oxygens (including phenoxy) is 2. The number of aromatic hydroxyl groups is 1. The minimum Gasteiger partial charge on any atom is -0.502 e. The first kappa shape index (κ1) is 36.9. The number of hydrogen-bond donors (Lipinski definition) is 1. The Morgan fingerprint density at radius 1 is 0.830 bits per heavy atom. The van der Waals surface area contributed by atoms with E-state index in [-0.39, 0.29) is 45.4 Å². The summed E-state index contributed by atoms with van der Waals surface area (Å²) < 4.78 is 84.6. The third-order valence-corrected chi connectivity index (χ3v) is 12.3. The monoisotopic (exact) mass is 840 g/mol. The van der Waals surface area contributed by atoms with Crippen molar-refractivity contribution in [1.82, 2.24) is 0 Å². The van der Waals surface area contributed by atoms with E-state index in [1.807, 2.05) is 0 Å². The minimum absolute atomic E-state index is 0.0228. The van der Waals surface area contributed by atoms with Gasteiger partial charge in [0.2, 0.25) is 23.4 Å². The predicted octanol–water partition coefficient (Wildman–Crippen LogP) is 7.18. The predicted molar refractivity (Wildman–Crippen MR) is 184 cm³/mol. The lowest BCUT2D eigenvalue weighted by Gasteiger charge is -2.49. The Hall–Kier alpha value is -4.47. The van der Waals surface area contributed by atoms with Gasteiger partial charge in [0.1, 0.15) is 5.69 Å². The molecule has 3 aromatic rings. The van der Waals surface area contributed by atoms with Gasteiger partial charge in [-0.15, -0.1) is 23.2 Å². The maximum atomic E-state index is 15.3. The number of nitrogens with zero attached hydrogens (tertiary/aromatic N) is 2. The Bertz CT molecular complexity index is 2170. The van der Waals surface area contributed by atoms with E-state index in [2.05, 4.69) is 15.9 Å². The van der Waals surface area contributed by atoms with Crippen molar-refractivity contribution in [3.05, 3.63) is 93.2 Å². The van der Waals surface area contributed by atoms with E-state index >= 15 is 8.78 Å². The van der Waals surface area contributed by atoms with Crippen molar-refractivity contribution in [3.63, 3.8) is 0 Å². The average Bonchev–Trinajstić information content (AvgIpc) is 3.48. The molecule has 1 N–H and O–H groups in total. The van der Waals surface area contributed by atoms with Crippen LogP contribution in [-0.2, 0) is 19.2 Å². The second kappa shape index (κ2) is 12.8. The van der Waals surface area contributed by atoms with Crippen LogP contribution in [0.3, 0.4) is 0 Å². The molecule has 9 nitrogen and oxygen atoms in total. The molecule has 2 heterocycles. The van der Waals surface area contributed by atoms with Crippen molar-refractivity contribution in [2.24, 2.45) is 23.7 Å². The van der Waals surface area contributed by atoms with Crippen LogP contribution in [0.5, 0.6) is 17.2 Å². The van der Waals surface area contributed by atoms with Gasteiger partial charge in [-0.2, -0.15) is 0 Å². The number of methoxy groups -OCH3 is 2. The van der Waals surface area contributed by atoms with E-state index in [0.717, 1.165) is 4.90 Å². The molecule has 1 saturated carbocycles. The van der Waals surface area contributed by atoms with Crippen LogP contribution < -0.4 is 19.3 Å². The van der Waals surface area contributed by atoms with Crippen LogP contribution in [0.1, 0.15) is 18.4 Å². The fourth-order valence-corrected chi connectivity index (χ4v) is 9.03. The number of anilines is 2. The molecule has 2 aliphatic heterocycles. The number of alkyl halides is 2. The Labute approximate surface area is 315 Å². The smallest absolute Gasteiger partial charge is 0.258 e. The maximum absolute atomic E-state index is 15.3. The molecule has 3 fully saturated rings. The molecule has 276 valence electrons.